The van der Waals surface area contributed by atoms with Crippen LogP contribution in [0.2, 0.25) is 0 Å². The van der Waals surface area contributed by atoms with Gasteiger partial charge in [0.1, 0.15) is 5.75 Å². The molecule has 0 spiro atoms. The maximum atomic E-state index is 12.7. The molecule has 0 saturated heterocycles. The number of methoxy groups -OCH3 is 2. The largest absolute Gasteiger partial charge is 0.493 e. The molecule has 3 rings (SSSR count). The third-order valence-electron chi connectivity index (χ3n) is 4.98. The Morgan fingerprint density at radius 1 is 1.00 bits per heavy atom. The molecule has 34 heavy (non-hydrogen) atoms. The number of carbonyl (C=O) groups excluding carboxylic acids is 1. The number of amides is 1. The monoisotopic (exact) mass is 485 g/mol. The van der Waals surface area contributed by atoms with Crippen LogP contribution in [0, 0.1) is 0 Å². The first-order valence-corrected chi connectivity index (χ1v) is 12.0. The molecule has 0 radical (unpaired) electrons. The van der Waals surface area contributed by atoms with Gasteiger partial charge in [-0.1, -0.05) is 6.92 Å². The Morgan fingerprint density at radius 2 is 1.71 bits per heavy atom. The van der Waals surface area contributed by atoms with Crippen molar-refractivity contribution in [1.82, 2.24) is 10.3 Å². The van der Waals surface area contributed by atoms with Crippen molar-refractivity contribution < 1.29 is 27.4 Å². The van der Waals surface area contributed by atoms with Crippen molar-refractivity contribution in [2.24, 2.45) is 0 Å². The lowest BCUT2D eigenvalue weighted by Crippen LogP contribution is -2.31. The third-order valence-corrected chi connectivity index (χ3v) is 6.36. The van der Waals surface area contributed by atoms with Gasteiger partial charge in [0.05, 0.1) is 31.0 Å². The summed E-state index contributed by atoms with van der Waals surface area (Å²) in [6.45, 7) is 3.94. The lowest BCUT2D eigenvalue weighted by Gasteiger charge is -2.12. The molecule has 0 fully saturated rings. The number of hydrogen-bond donors (Lipinski definition) is 2. The number of hydrogen-bond acceptors (Lipinski definition) is 7. The number of nitrogens with one attached hydrogen (secondary N) is 2. The molecule has 0 bridgehead atoms. The maximum Gasteiger partial charge on any atom is 0.262 e. The van der Waals surface area contributed by atoms with E-state index in [1.165, 1.54) is 50.7 Å². The predicted octanol–water partition coefficient (Wildman–Crippen LogP) is 4.22. The Morgan fingerprint density at radius 3 is 2.29 bits per heavy atom. The number of carbonyl (C=O) groups is 1. The van der Waals surface area contributed by atoms with Crippen LogP contribution in [0.3, 0.4) is 0 Å². The van der Waals surface area contributed by atoms with E-state index >= 15 is 0 Å². The molecule has 180 valence electrons. The molecule has 0 aliphatic rings. The molecule has 1 aromatic heterocycles. The first kappa shape index (κ1) is 24.8. The van der Waals surface area contributed by atoms with Crippen molar-refractivity contribution >= 4 is 21.6 Å². The first-order chi connectivity index (χ1) is 16.2. The molecule has 10 heteroatoms. The predicted molar refractivity (Wildman–Crippen MR) is 128 cm³/mol. The molecular formula is C24H27N3O6S. The fourth-order valence-corrected chi connectivity index (χ4v) is 3.96. The lowest BCUT2D eigenvalue weighted by molar-refractivity contribution is 0.0939. The highest BCUT2D eigenvalue weighted by Crippen LogP contribution is 2.30. The Bertz CT molecular complexity index is 1230. The van der Waals surface area contributed by atoms with E-state index in [1.807, 2.05) is 13.8 Å². The average molecular weight is 486 g/mol. The molecule has 0 aliphatic heterocycles. The van der Waals surface area contributed by atoms with Gasteiger partial charge >= 0.3 is 0 Å². The summed E-state index contributed by atoms with van der Waals surface area (Å²) in [5.41, 5.74) is 0.791. The summed E-state index contributed by atoms with van der Waals surface area (Å²) in [5.74, 6) is 1.34. The van der Waals surface area contributed by atoms with Crippen molar-refractivity contribution in [1.29, 1.82) is 0 Å². The molecule has 2 aromatic carbocycles. The maximum absolute atomic E-state index is 12.7. The number of pyridine rings is 1. The quantitative estimate of drug-likeness (QED) is 0.442. The second kappa shape index (κ2) is 10.9. The number of anilines is 1. The minimum Gasteiger partial charge on any atom is -0.493 e. The van der Waals surface area contributed by atoms with Crippen molar-refractivity contribution in [3.63, 3.8) is 0 Å². The average Bonchev–Trinajstić information content (AvgIpc) is 2.84. The Kier molecular flexibility index (Phi) is 7.95. The van der Waals surface area contributed by atoms with E-state index in [4.69, 9.17) is 14.2 Å². The molecule has 9 nitrogen and oxygen atoms in total. The van der Waals surface area contributed by atoms with Gasteiger partial charge in [-0.2, -0.15) is 0 Å². The van der Waals surface area contributed by atoms with E-state index in [1.54, 1.807) is 24.3 Å². The summed E-state index contributed by atoms with van der Waals surface area (Å²) in [5, 5.41) is 2.90. The number of nitrogens with zero attached hydrogens (tertiary/aromatic N) is 1. The second-order valence-corrected chi connectivity index (χ2v) is 9.10. The zero-order chi connectivity index (χ0) is 24.7. The minimum atomic E-state index is -3.87. The summed E-state index contributed by atoms with van der Waals surface area (Å²) >= 11 is 0. The van der Waals surface area contributed by atoms with Crippen molar-refractivity contribution in [2.45, 2.75) is 31.2 Å². The second-order valence-electron chi connectivity index (χ2n) is 7.42. The van der Waals surface area contributed by atoms with Gasteiger partial charge in [0.15, 0.2) is 11.5 Å². The van der Waals surface area contributed by atoms with Gasteiger partial charge < -0.3 is 19.5 Å². The van der Waals surface area contributed by atoms with E-state index in [2.05, 4.69) is 15.0 Å². The number of rotatable bonds is 10. The summed E-state index contributed by atoms with van der Waals surface area (Å²) in [6, 6.07) is 14.1. The van der Waals surface area contributed by atoms with Gasteiger partial charge in [-0.15, -0.1) is 0 Å². The number of ether oxygens (including phenoxy) is 3. The molecule has 2 N–H and O–H groups in total. The van der Waals surface area contributed by atoms with Crippen LogP contribution < -0.4 is 24.2 Å². The van der Waals surface area contributed by atoms with E-state index in [0.717, 1.165) is 6.42 Å². The summed E-state index contributed by atoms with van der Waals surface area (Å²) in [6.07, 6.45) is 2.20. The Labute approximate surface area is 199 Å². The normalized spacial score (nSPS) is 11.9. The molecule has 1 heterocycles. The fraction of sp³-hybridized carbons (Fsp3) is 0.250. The zero-order valence-electron chi connectivity index (χ0n) is 19.4. The smallest absolute Gasteiger partial charge is 0.262 e. The topological polar surface area (TPSA) is 116 Å². The van der Waals surface area contributed by atoms with Crippen LogP contribution in [0.1, 0.15) is 30.6 Å². The third kappa shape index (κ3) is 6.16. The van der Waals surface area contributed by atoms with Crippen molar-refractivity contribution in [3.8, 4) is 23.1 Å². The van der Waals surface area contributed by atoms with Crippen LogP contribution in [-0.2, 0) is 10.0 Å². The standard InChI is InChI=1S/C24H27N3O6S/c1-5-16(2)26-24(28)17-6-9-19(10-7-17)33-23-13-8-18(15-25-23)27-34(29,30)20-11-12-21(31-3)22(14-20)32-4/h6-16,27H,5H2,1-4H3,(H,26,28). The number of sulfonamides is 1. The first-order valence-electron chi connectivity index (χ1n) is 10.6. The van der Waals surface area contributed by atoms with Gasteiger partial charge in [-0.3, -0.25) is 9.52 Å². The molecule has 1 unspecified atom stereocenters. The zero-order valence-corrected chi connectivity index (χ0v) is 20.2. The Balaban J connectivity index is 1.65. The lowest BCUT2D eigenvalue weighted by atomic mass is 10.2. The van der Waals surface area contributed by atoms with E-state index in [-0.39, 0.29) is 28.4 Å². The van der Waals surface area contributed by atoms with Crippen molar-refractivity contribution in [3.05, 3.63) is 66.4 Å². The van der Waals surface area contributed by atoms with Gasteiger partial charge in [0.25, 0.3) is 15.9 Å². The summed E-state index contributed by atoms with van der Waals surface area (Å²) < 4.78 is 43.9. The van der Waals surface area contributed by atoms with Crippen LogP contribution in [-0.4, -0.2) is 39.6 Å². The van der Waals surface area contributed by atoms with Crippen LogP contribution in [0.25, 0.3) is 0 Å². The highest BCUT2D eigenvalue weighted by Gasteiger charge is 2.17. The number of benzene rings is 2. The van der Waals surface area contributed by atoms with Crippen LogP contribution in [0.15, 0.2) is 65.7 Å². The van der Waals surface area contributed by atoms with Crippen LogP contribution >= 0.6 is 0 Å². The molecule has 0 saturated carbocycles. The molecule has 0 aliphatic carbocycles. The summed E-state index contributed by atoms with van der Waals surface area (Å²) in [4.78, 5) is 16.3. The van der Waals surface area contributed by atoms with E-state index in [9.17, 15) is 13.2 Å². The SMILES string of the molecule is CCC(C)NC(=O)c1ccc(Oc2ccc(NS(=O)(=O)c3ccc(OC)c(OC)c3)cn2)cc1. The molecule has 1 atom stereocenters. The van der Waals surface area contributed by atoms with E-state index < -0.39 is 10.0 Å². The molecule has 1 amide bonds. The van der Waals surface area contributed by atoms with Gasteiger partial charge in [0.2, 0.25) is 5.88 Å². The highest BCUT2D eigenvalue weighted by atomic mass is 32.2. The number of aromatic nitrogens is 1. The van der Waals surface area contributed by atoms with Gasteiger partial charge in [-0.05, 0) is 55.8 Å². The Hall–Kier alpha value is -3.79. The molecular weight excluding hydrogens is 458 g/mol. The summed E-state index contributed by atoms with van der Waals surface area (Å²) in [7, 11) is -0.970. The fourth-order valence-electron chi connectivity index (χ4n) is 2.90. The van der Waals surface area contributed by atoms with Gasteiger partial charge in [0, 0.05) is 23.7 Å². The van der Waals surface area contributed by atoms with E-state index in [0.29, 0.717) is 22.8 Å². The van der Waals surface area contributed by atoms with Crippen LogP contribution in [0.4, 0.5) is 5.69 Å². The van der Waals surface area contributed by atoms with Crippen LogP contribution in [0.5, 0.6) is 23.1 Å². The van der Waals surface area contributed by atoms with Gasteiger partial charge in [-0.25, -0.2) is 13.4 Å². The highest BCUT2D eigenvalue weighted by molar-refractivity contribution is 7.92. The molecule has 3 aromatic rings. The minimum absolute atomic E-state index is 0.0166. The van der Waals surface area contributed by atoms with Crippen molar-refractivity contribution in [2.75, 3.05) is 18.9 Å².